The van der Waals surface area contributed by atoms with Crippen molar-refractivity contribution >= 4 is 33.1 Å². The monoisotopic (exact) mass is 613 g/mol. The molecule has 0 aromatic heterocycles. The van der Waals surface area contributed by atoms with Gasteiger partial charge in [-0.2, -0.15) is 0 Å². The molecule has 0 saturated carbocycles. The van der Waals surface area contributed by atoms with E-state index >= 15 is 0 Å². The van der Waals surface area contributed by atoms with Crippen molar-refractivity contribution in [1.29, 1.82) is 0 Å². The molecule has 0 radical (unpaired) electrons. The summed E-state index contributed by atoms with van der Waals surface area (Å²) in [6.45, 7) is 13.8. The highest BCUT2D eigenvalue weighted by Crippen LogP contribution is 2.40. The average Bonchev–Trinajstić information content (AvgIpc) is 2.85. The molecule has 0 fully saturated rings. The number of rotatable bonds is 24. The summed E-state index contributed by atoms with van der Waals surface area (Å²) in [5.41, 5.74) is 0. The second-order valence-corrected chi connectivity index (χ2v) is 18.9. The van der Waals surface area contributed by atoms with Crippen LogP contribution in [0.15, 0.2) is 0 Å². The van der Waals surface area contributed by atoms with Gasteiger partial charge in [-0.1, -0.05) is 155 Å². The third-order valence-electron chi connectivity index (χ3n) is 6.12. The Morgan fingerprint density at radius 1 is 0.436 bits per heavy atom. The van der Waals surface area contributed by atoms with Crippen LogP contribution in [0.2, 0.25) is 0 Å². The van der Waals surface area contributed by atoms with Gasteiger partial charge in [-0.15, -0.1) is 18.5 Å². The van der Waals surface area contributed by atoms with Crippen LogP contribution in [0, 0.1) is 0 Å². The molecule has 2 atom stereocenters. The van der Waals surface area contributed by atoms with Gasteiger partial charge in [-0.05, 0) is 25.2 Å². The molecule has 3 nitrogen and oxygen atoms in total. The number of hydrogen-bond donors (Lipinski definition) is 2. The summed E-state index contributed by atoms with van der Waals surface area (Å²) in [7, 11) is 2.82. The van der Waals surface area contributed by atoms with Gasteiger partial charge in [-0.3, -0.25) is 0 Å². The van der Waals surface area contributed by atoms with Crippen LogP contribution in [-0.4, -0.2) is 56.4 Å². The number of unbranched alkanes of at least 4 members (excludes halogenated alkanes) is 22. The van der Waals surface area contributed by atoms with Crippen molar-refractivity contribution in [1.82, 2.24) is 0 Å². The third kappa shape index (κ3) is 85.4. The van der Waals surface area contributed by atoms with Crippen molar-refractivity contribution in [3.05, 3.63) is 0 Å². The van der Waals surface area contributed by atoms with Crippen LogP contribution in [0.1, 0.15) is 168 Å². The lowest BCUT2D eigenvalue weighted by atomic mass is 10.1. The van der Waals surface area contributed by atoms with Gasteiger partial charge < -0.3 is 15.1 Å². The van der Waals surface area contributed by atoms with E-state index in [0.717, 1.165) is 0 Å². The van der Waals surface area contributed by atoms with Crippen LogP contribution in [0.25, 0.3) is 0 Å². The second-order valence-electron chi connectivity index (χ2n) is 12.4. The fourth-order valence-electron chi connectivity index (χ4n) is 3.97. The maximum Gasteiger partial charge on any atom is 0.339 e. The van der Waals surface area contributed by atoms with Gasteiger partial charge in [0.15, 0.2) is 0 Å². The molecular formula is C32H76BO3P3. The fourth-order valence-corrected chi connectivity index (χ4v) is 4.55. The Balaban J connectivity index is -0.000000240. The molecule has 2 unspecified atom stereocenters. The lowest BCUT2D eigenvalue weighted by molar-refractivity contribution is -0.242. The van der Waals surface area contributed by atoms with Gasteiger partial charge in [0.1, 0.15) is 0 Å². The second kappa shape index (κ2) is 43.7. The van der Waals surface area contributed by atoms with Crippen LogP contribution < -0.4 is 5.02 Å². The van der Waals surface area contributed by atoms with E-state index < -0.39 is 7.32 Å². The minimum atomic E-state index is -2.42. The van der Waals surface area contributed by atoms with Crippen molar-refractivity contribution in [3.8, 4) is 0 Å². The van der Waals surface area contributed by atoms with Gasteiger partial charge >= 0.3 is 7.32 Å². The van der Waals surface area contributed by atoms with E-state index in [2.05, 4.69) is 59.0 Å². The molecule has 0 saturated heterocycles. The molecule has 0 spiro atoms. The minimum absolute atomic E-state index is 0.389. The third-order valence-corrected chi connectivity index (χ3v) is 6.93. The van der Waals surface area contributed by atoms with Crippen molar-refractivity contribution < 1.29 is 15.1 Å². The molecule has 39 heavy (non-hydrogen) atoms. The Kier molecular flexibility index (Phi) is 52.8. The molecule has 0 amide bonds. The molecule has 0 aromatic carbocycles. The van der Waals surface area contributed by atoms with Gasteiger partial charge in [0, 0.05) is 33.9 Å². The zero-order chi connectivity index (χ0) is 30.5. The maximum absolute atomic E-state index is 8.64. The highest BCUT2D eigenvalue weighted by molar-refractivity contribution is 7.73. The Hall–Kier alpha value is 1.23. The molecular weight excluding hydrogens is 536 g/mol. The summed E-state index contributed by atoms with van der Waals surface area (Å²) in [6.07, 6.45) is 37.5. The first kappa shape index (κ1) is 47.2. The van der Waals surface area contributed by atoms with Crippen LogP contribution >= 0.6 is 25.7 Å². The summed E-state index contributed by atoms with van der Waals surface area (Å²) < 4.78 is 0. The first-order valence-corrected chi connectivity index (χ1v) is 22.0. The van der Waals surface area contributed by atoms with Crippen LogP contribution in [0.4, 0.5) is 0 Å². The topological polar surface area (TPSA) is 63.5 Å². The molecule has 0 aliphatic carbocycles. The summed E-state index contributed by atoms with van der Waals surface area (Å²) in [5.74, 6) is 0. The van der Waals surface area contributed by atoms with Crippen molar-refractivity contribution in [2.45, 2.75) is 168 Å². The van der Waals surface area contributed by atoms with E-state index in [-0.39, 0.29) is 7.26 Å². The first-order valence-electron chi connectivity index (χ1n) is 16.8. The minimum Gasteiger partial charge on any atom is -0.832 e. The normalized spacial score (nSPS) is 10.5. The fraction of sp³-hybridized carbons (Fsp3) is 1.00. The molecule has 0 aromatic rings. The zero-order valence-electron chi connectivity index (χ0n) is 27.9. The van der Waals surface area contributed by atoms with Crippen LogP contribution in [0.3, 0.4) is 0 Å². The molecule has 2 N–H and O–H groups in total. The van der Waals surface area contributed by atoms with Crippen molar-refractivity contribution in [3.63, 3.8) is 0 Å². The Bertz CT molecular complexity index is 325. The van der Waals surface area contributed by atoms with E-state index in [9.17, 15) is 0 Å². The lowest BCUT2D eigenvalue weighted by Crippen LogP contribution is -2.29. The summed E-state index contributed by atoms with van der Waals surface area (Å²) in [5, 5.41) is 22.8. The summed E-state index contributed by atoms with van der Waals surface area (Å²) in [6, 6.07) is 0. The van der Waals surface area contributed by atoms with E-state index in [1.807, 2.05) is 0 Å². The molecule has 240 valence electrons. The highest BCUT2D eigenvalue weighted by Gasteiger charge is 2.03. The van der Waals surface area contributed by atoms with E-state index in [1.54, 1.807) is 0 Å². The van der Waals surface area contributed by atoms with Gasteiger partial charge in [-0.25, -0.2) is 0 Å². The van der Waals surface area contributed by atoms with E-state index in [4.69, 9.17) is 15.1 Å². The Morgan fingerprint density at radius 3 is 0.692 bits per heavy atom. The van der Waals surface area contributed by atoms with Crippen molar-refractivity contribution in [2.24, 2.45) is 0 Å². The maximum atomic E-state index is 8.64. The highest BCUT2D eigenvalue weighted by atomic mass is 31.2. The predicted octanol–water partition coefficient (Wildman–Crippen LogP) is 9.96. The molecule has 7 heteroatoms. The van der Waals surface area contributed by atoms with Gasteiger partial charge in [0.05, 0.1) is 0 Å². The first-order chi connectivity index (χ1) is 18.6. The van der Waals surface area contributed by atoms with Gasteiger partial charge in [0.25, 0.3) is 0 Å². The average molecular weight is 613 g/mol. The van der Waals surface area contributed by atoms with Crippen molar-refractivity contribution in [2.75, 3.05) is 39.0 Å². The Labute approximate surface area is 254 Å². The largest absolute Gasteiger partial charge is 0.832 e. The molecule has 0 bridgehead atoms. The molecule has 0 heterocycles. The lowest BCUT2D eigenvalue weighted by Gasteiger charge is -2.01. The van der Waals surface area contributed by atoms with E-state index in [1.165, 1.54) is 166 Å². The number of hydrogen-bond acceptors (Lipinski definition) is 3. The summed E-state index contributed by atoms with van der Waals surface area (Å²) >= 11 is 0. The SMILES string of the molecule is CCCCCCCCCCCCCCP.CCCCCCCCCCCCCCP.C[P+](C)(C)C.[O-]B(O)O. The molecule has 0 aliphatic heterocycles. The quantitative estimate of drug-likeness (QED) is 0.0648. The molecule has 0 rings (SSSR count). The van der Waals surface area contributed by atoms with Gasteiger partial charge in [0.2, 0.25) is 0 Å². The Morgan fingerprint density at radius 2 is 0.564 bits per heavy atom. The molecule has 0 aliphatic rings. The predicted molar refractivity (Wildman–Crippen MR) is 192 cm³/mol. The van der Waals surface area contributed by atoms with E-state index in [0.29, 0.717) is 0 Å². The van der Waals surface area contributed by atoms with Crippen LogP contribution in [-0.2, 0) is 0 Å². The van der Waals surface area contributed by atoms with Crippen LogP contribution in [0.5, 0.6) is 0 Å². The summed E-state index contributed by atoms with van der Waals surface area (Å²) in [4.78, 5) is 0. The standard InChI is InChI=1S/2C14H31P.C4H12P.BH2O3/c2*1-2-3-4-5-6-7-8-9-10-11-12-13-14-15;1-5(2,3)4;2-1(3)4/h2*2-15H2,1H3;1-4H3;2-3H/q;;+1;-1. The smallest absolute Gasteiger partial charge is 0.339 e. The zero-order valence-corrected chi connectivity index (χ0v) is 31.1.